The van der Waals surface area contributed by atoms with Gasteiger partial charge in [0.1, 0.15) is 23.4 Å². The molecule has 7 nitrogen and oxygen atoms in total. The summed E-state index contributed by atoms with van der Waals surface area (Å²) in [5.41, 5.74) is 5.59. The van der Waals surface area contributed by atoms with Gasteiger partial charge in [0, 0.05) is 11.3 Å². The normalized spacial score (nSPS) is 10.7. The number of carbonyl (C=O) groups is 1. The molecule has 2 N–H and O–H groups in total. The molecule has 178 valence electrons. The van der Waals surface area contributed by atoms with Crippen molar-refractivity contribution in [2.45, 2.75) is 13.5 Å². The number of fused-ring (bicyclic) bond motifs is 1. The summed E-state index contributed by atoms with van der Waals surface area (Å²) in [4.78, 5) is 14.3. The van der Waals surface area contributed by atoms with Gasteiger partial charge in [-0.15, -0.1) is 10.2 Å². The van der Waals surface area contributed by atoms with E-state index in [1.807, 2.05) is 79.7 Å². The summed E-state index contributed by atoms with van der Waals surface area (Å²) < 4.78 is 5.78. The van der Waals surface area contributed by atoms with Crippen molar-refractivity contribution in [1.82, 2.24) is 20.3 Å². The highest BCUT2D eigenvalue weighted by Gasteiger charge is 2.12. The fourth-order valence-electron chi connectivity index (χ4n) is 3.65. The second kappa shape index (κ2) is 10.4. The molecule has 1 heterocycles. The maximum Gasteiger partial charge on any atom is 0.257 e. The number of amides is 1. The number of hydrogen-bond donors (Lipinski definition) is 2. The van der Waals surface area contributed by atoms with Crippen LogP contribution in [-0.2, 0) is 6.61 Å². The van der Waals surface area contributed by atoms with Crippen LogP contribution in [0.15, 0.2) is 97.1 Å². The van der Waals surface area contributed by atoms with E-state index < -0.39 is 0 Å². The summed E-state index contributed by atoms with van der Waals surface area (Å²) in [6.07, 6.45) is 0. The Kier molecular flexibility index (Phi) is 6.68. The lowest BCUT2D eigenvalue weighted by Crippen LogP contribution is -2.34. The molecule has 0 unspecified atom stereocenters. The minimum atomic E-state index is -0.309. The van der Waals surface area contributed by atoms with Crippen molar-refractivity contribution in [3.8, 4) is 11.4 Å². The minimum absolute atomic E-state index is 0.197. The van der Waals surface area contributed by atoms with Crippen LogP contribution in [0.25, 0.3) is 16.7 Å². The third-order valence-electron chi connectivity index (χ3n) is 5.55. The maximum atomic E-state index is 12.7. The minimum Gasteiger partial charge on any atom is -0.489 e. The van der Waals surface area contributed by atoms with Crippen molar-refractivity contribution in [2.24, 2.45) is 0 Å². The lowest BCUT2D eigenvalue weighted by Gasteiger charge is -2.12. The molecule has 0 saturated carbocycles. The molecule has 0 bridgehead atoms. The quantitative estimate of drug-likeness (QED) is 0.307. The number of aryl methyl sites for hydroxylation is 1. The summed E-state index contributed by atoms with van der Waals surface area (Å²) in [7, 11) is 0. The van der Waals surface area contributed by atoms with Crippen LogP contribution in [0.3, 0.4) is 0 Å². The fourth-order valence-corrected chi connectivity index (χ4v) is 3.85. The van der Waals surface area contributed by atoms with E-state index in [1.165, 1.54) is 0 Å². The van der Waals surface area contributed by atoms with Crippen LogP contribution in [0.2, 0.25) is 0 Å². The molecule has 8 heteroatoms. The predicted octanol–water partition coefficient (Wildman–Crippen LogP) is 5.43. The van der Waals surface area contributed by atoms with E-state index in [2.05, 4.69) is 20.8 Å². The van der Waals surface area contributed by atoms with E-state index in [4.69, 9.17) is 17.0 Å². The number of thiocarbonyl (C=S) groups is 1. The Labute approximate surface area is 213 Å². The topological polar surface area (TPSA) is 81.1 Å². The first-order chi connectivity index (χ1) is 17.5. The number of hydrogen-bond acceptors (Lipinski definition) is 5. The van der Waals surface area contributed by atoms with E-state index in [9.17, 15) is 4.79 Å². The molecule has 0 atom stereocenters. The highest BCUT2D eigenvalue weighted by molar-refractivity contribution is 7.80. The zero-order valence-corrected chi connectivity index (χ0v) is 20.3. The van der Waals surface area contributed by atoms with Crippen molar-refractivity contribution in [1.29, 1.82) is 0 Å². The Bertz CT molecular complexity index is 1520. The molecule has 0 aliphatic carbocycles. The molecule has 0 aliphatic heterocycles. The summed E-state index contributed by atoms with van der Waals surface area (Å²) in [6.45, 7) is 2.41. The lowest BCUT2D eigenvalue weighted by atomic mass is 10.2. The van der Waals surface area contributed by atoms with Crippen molar-refractivity contribution in [2.75, 3.05) is 5.32 Å². The Morgan fingerprint density at radius 3 is 2.22 bits per heavy atom. The van der Waals surface area contributed by atoms with Gasteiger partial charge in [0.15, 0.2) is 5.11 Å². The van der Waals surface area contributed by atoms with Crippen molar-refractivity contribution < 1.29 is 9.53 Å². The van der Waals surface area contributed by atoms with Crippen molar-refractivity contribution in [3.05, 3.63) is 114 Å². The van der Waals surface area contributed by atoms with Gasteiger partial charge in [0.05, 0.1) is 5.69 Å². The Morgan fingerprint density at radius 1 is 0.889 bits per heavy atom. The molecule has 0 radical (unpaired) electrons. The van der Waals surface area contributed by atoms with Crippen LogP contribution in [-0.4, -0.2) is 26.0 Å². The number of benzene rings is 4. The highest BCUT2D eigenvalue weighted by atomic mass is 32.1. The van der Waals surface area contributed by atoms with Gasteiger partial charge in [0.2, 0.25) is 0 Å². The first-order valence-electron chi connectivity index (χ1n) is 11.4. The van der Waals surface area contributed by atoms with Gasteiger partial charge >= 0.3 is 0 Å². The molecular formula is C28H23N5O2S. The number of rotatable bonds is 6. The van der Waals surface area contributed by atoms with Crippen LogP contribution in [0, 0.1) is 6.92 Å². The number of nitrogens with one attached hydrogen (secondary N) is 2. The molecule has 36 heavy (non-hydrogen) atoms. The van der Waals surface area contributed by atoms with Crippen LogP contribution in [0.4, 0.5) is 5.69 Å². The summed E-state index contributed by atoms with van der Waals surface area (Å²) in [5.74, 6) is 0.374. The fraction of sp³-hybridized carbons (Fsp3) is 0.0714. The zero-order valence-electron chi connectivity index (χ0n) is 19.5. The van der Waals surface area contributed by atoms with Gasteiger partial charge < -0.3 is 10.1 Å². The number of aromatic nitrogens is 3. The van der Waals surface area contributed by atoms with Gasteiger partial charge in [-0.1, -0.05) is 48.5 Å². The van der Waals surface area contributed by atoms with Gasteiger partial charge in [-0.3, -0.25) is 10.1 Å². The molecular weight excluding hydrogens is 470 g/mol. The molecule has 0 saturated heterocycles. The van der Waals surface area contributed by atoms with Crippen LogP contribution in [0.5, 0.6) is 5.75 Å². The third-order valence-corrected chi connectivity index (χ3v) is 5.76. The lowest BCUT2D eigenvalue weighted by molar-refractivity contribution is 0.0977. The average Bonchev–Trinajstić information content (AvgIpc) is 3.31. The van der Waals surface area contributed by atoms with E-state index in [-0.39, 0.29) is 11.0 Å². The summed E-state index contributed by atoms with van der Waals surface area (Å²) in [5, 5.41) is 15.1. The number of carbonyl (C=O) groups excluding carboxylic acids is 1. The van der Waals surface area contributed by atoms with Gasteiger partial charge in [0.25, 0.3) is 5.91 Å². The number of para-hydroxylation sites is 1. The standard InChI is InChI=1S/C28H23N5O2S/c1-19-16-25-26(32-33(31-25)22-10-6-3-7-11-22)17-24(19)29-28(36)30-27(34)21-12-14-23(15-13-21)35-18-20-8-4-2-5-9-20/h2-17H,18H2,1H3,(H2,29,30,34,36). The van der Waals surface area contributed by atoms with E-state index >= 15 is 0 Å². The molecule has 5 rings (SSSR count). The third kappa shape index (κ3) is 5.39. The smallest absolute Gasteiger partial charge is 0.257 e. The van der Waals surface area contributed by atoms with Crippen molar-refractivity contribution >= 4 is 40.0 Å². The monoisotopic (exact) mass is 493 g/mol. The van der Waals surface area contributed by atoms with Gasteiger partial charge in [-0.05, 0) is 78.8 Å². The number of anilines is 1. The predicted molar refractivity (Wildman–Crippen MR) is 145 cm³/mol. The van der Waals surface area contributed by atoms with Crippen LogP contribution < -0.4 is 15.4 Å². The second-order valence-corrected chi connectivity index (χ2v) is 8.60. The molecule has 1 aromatic heterocycles. The average molecular weight is 494 g/mol. The highest BCUT2D eigenvalue weighted by Crippen LogP contribution is 2.22. The summed E-state index contributed by atoms with van der Waals surface area (Å²) >= 11 is 5.39. The van der Waals surface area contributed by atoms with Crippen LogP contribution >= 0.6 is 12.2 Å². The number of nitrogens with zero attached hydrogens (tertiary/aromatic N) is 3. The van der Waals surface area contributed by atoms with Crippen molar-refractivity contribution in [3.63, 3.8) is 0 Å². The zero-order chi connectivity index (χ0) is 24.9. The molecule has 0 fully saturated rings. The van der Waals surface area contributed by atoms with E-state index in [0.717, 1.165) is 28.0 Å². The second-order valence-electron chi connectivity index (χ2n) is 8.19. The number of ether oxygens (including phenoxy) is 1. The molecule has 1 amide bonds. The van der Waals surface area contributed by atoms with Gasteiger partial charge in [-0.25, -0.2) is 0 Å². The first kappa shape index (κ1) is 23.2. The summed E-state index contributed by atoms with van der Waals surface area (Å²) in [6, 6.07) is 30.4. The van der Waals surface area contributed by atoms with E-state index in [0.29, 0.717) is 23.4 Å². The Morgan fingerprint density at radius 2 is 1.53 bits per heavy atom. The molecule has 5 aromatic rings. The molecule has 0 spiro atoms. The first-order valence-corrected chi connectivity index (χ1v) is 11.8. The van der Waals surface area contributed by atoms with Gasteiger partial charge in [-0.2, -0.15) is 4.80 Å². The van der Waals surface area contributed by atoms with Crippen LogP contribution in [0.1, 0.15) is 21.5 Å². The molecule has 4 aromatic carbocycles. The Balaban J connectivity index is 1.21. The SMILES string of the molecule is Cc1cc2nn(-c3ccccc3)nc2cc1NC(=S)NC(=O)c1ccc(OCc2ccccc2)cc1. The van der Waals surface area contributed by atoms with E-state index in [1.54, 1.807) is 29.1 Å². The Hall–Kier alpha value is -4.56. The largest absolute Gasteiger partial charge is 0.489 e. The molecule has 0 aliphatic rings. The maximum absolute atomic E-state index is 12.7.